The summed E-state index contributed by atoms with van der Waals surface area (Å²) in [5, 5.41) is 0. The van der Waals surface area contributed by atoms with Crippen molar-refractivity contribution in [2.45, 2.75) is 33.0 Å². The van der Waals surface area contributed by atoms with E-state index < -0.39 is 10.2 Å². The Bertz CT molecular complexity index is 692. The first-order valence-electron chi connectivity index (χ1n) is 9.67. The lowest BCUT2D eigenvalue weighted by atomic mass is 10.2. The molecule has 3 rings (SSSR count). The van der Waals surface area contributed by atoms with Gasteiger partial charge in [0.05, 0.1) is 12.2 Å². The summed E-state index contributed by atoms with van der Waals surface area (Å²) in [7, 11) is -3.41. The number of ether oxygens (including phenoxy) is 2. The fraction of sp³-hybridized carbons (Fsp3) is 0.684. The van der Waals surface area contributed by atoms with Crippen molar-refractivity contribution in [1.82, 2.24) is 13.5 Å². The van der Waals surface area contributed by atoms with Crippen LogP contribution in [0.4, 0.5) is 0 Å². The van der Waals surface area contributed by atoms with E-state index in [4.69, 9.17) is 9.47 Å². The second kappa shape index (κ2) is 8.87. The highest BCUT2D eigenvalue weighted by atomic mass is 32.2. The summed E-state index contributed by atoms with van der Waals surface area (Å²) in [6, 6.07) is 8.02. The van der Waals surface area contributed by atoms with E-state index in [0.29, 0.717) is 32.8 Å². The molecule has 2 fully saturated rings. The Morgan fingerprint density at radius 2 is 1.59 bits per heavy atom. The van der Waals surface area contributed by atoms with Crippen molar-refractivity contribution >= 4 is 10.2 Å². The van der Waals surface area contributed by atoms with E-state index in [0.717, 1.165) is 25.4 Å². The van der Waals surface area contributed by atoms with Crippen molar-refractivity contribution in [3.63, 3.8) is 0 Å². The van der Waals surface area contributed by atoms with Crippen LogP contribution in [0, 0.1) is 6.92 Å². The third-order valence-corrected chi connectivity index (χ3v) is 7.04. The molecule has 0 unspecified atom stereocenters. The topological polar surface area (TPSA) is 62.3 Å². The van der Waals surface area contributed by atoms with Gasteiger partial charge in [0, 0.05) is 45.8 Å². The quantitative estimate of drug-likeness (QED) is 0.725. The Morgan fingerprint density at radius 1 is 1.00 bits per heavy atom. The minimum Gasteiger partial charge on any atom is -0.492 e. The van der Waals surface area contributed by atoms with Gasteiger partial charge in [-0.3, -0.25) is 4.90 Å². The lowest BCUT2D eigenvalue weighted by Crippen LogP contribution is -2.57. The maximum atomic E-state index is 12.9. The van der Waals surface area contributed by atoms with Gasteiger partial charge in [0.1, 0.15) is 12.4 Å². The van der Waals surface area contributed by atoms with Crippen molar-refractivity contribution in [2.24, 2.45) is 0 Å². The van der Waals surface area contributed by atoms with Crippen molar-refractivity contribution in [1.29, 1.82) is 0 Å². The van der Waals surface area contributed by atoms with Crippen molar-refractivity contribution in [3.8, 4) is 5.75 Å². The summed E-state index contributed by atoms with van der Waals surface area (Å²) in [4.78, 5) is 2.25. The highest BCUT2D eigenvalue weighted by molar-refractivity contribution is 7.86. The van der Waals surface area contributed by atoms with E-state index in [9.17, 15) is 8.42 Å². The summed E-state index contributed by atoms with van der Waals surface area (Å²) >= 11 is 0. The second-order valence-electron chi connectivity index (χ2n) is 7.48. The summed E-state index contributed by atoms with van der Waals surface area (Å²) in [5.74, 6) is 0.873. The molecule has 2 atom stereocenters. The van der Waals surface area contributed by atoms with E-state index >= 15 is 0 Å². The molecule has 0 bridgehead atoms. The molecule has 1 aromatic rings. The molecule has 0 aliphatic carbocycles. The summed E-state index contributed by atoms with van der Waals surface area (Å²) in [6.07, 6.45) is -0.132. The zero-order chi connectivity index (χ0) is 19.4. The monoisotopic (exact) mass is 397 g/mol. The third kappa shape index (κ3) is 5.42. The maximum absolute atomic E-state index is 12.9. The first-order chi connectivity index (χ1) is 12.8. The summed E-state index contributed by atoms with van der Waals surface area (Å²) in [5.41, 5.74) is 1.21. The maximum Gasteiger partial charge on any atom is 0.282 e. The Kier molecular flexibility index (Phi) is 6.75. The molecule has 0 saturated carbocycles. The molecule has 0 radical (unpaired) electrons. The van der Waals surface area contributed by atoms with Gasteiger partial charge in [-0.05, 0) is 32.9 Å². The van der Waals surface area contributed by atoms with Crippen molar-refractivity contribution < 1.29 is 17.9 Å². The van der Waals surface area contributed by atoms with Gasteiger partial charge in [-0.1, -0.05) is 17.7 Å². The minimum absolute atomic E-state index is 0.0660. The van der Waals surface area contributed by atoms with Gasteiger partial charge in [0.25, 0.3) is 10.2 Å². The standard InChI is InChI=1S/C19H31N3O4S/c1-16-4-6-19(7-5-16)25-13-12-20-8-10-21(11-9-20)27(23,24)22-14-17(2)26-18(3)15-22/h4-7,17-18H,8-15H2,1-3H3/t17-,18-/m1/s1. The Morgan fingerprint density at radius 3 is 2.19 bits per heavy atom. The molecule has 8 heteroatoms. The van der Waals surface area contributed by atoms with Crippen LogP contribution in [0.5, 0.6) is 5.75 Å². The number of hydrogen-bond acceptors (Lipinski definition) is 5. The molecule has 0 aromatic heterocycles. The van der Waals surface area contributed by atoms with Crippen LogP contribution in [0.1, 0.15) is 19.4 Å². The minimum atomic E-state index is -3.41. The number of aryl methyl sites for hydroxylation is 1. The second-order valence-corrected chi connectivity index (χ2v) is 9.41. The van der Waals surface area contributed by atoms with Gasteiger partial charge in [0.2, 0.25) is 0 Å². The van der Waals surface area contributed by atoms with Crippen LogP contribution in [-0.2, 0) is 14.9 Å². The normalized spacial score (nSPS) is 26.2. The first-order valence-corrected chi connectivity index (χ1v) is 11.1. The average molecular weight is 398 g/mol. The third-order valence-electron chi connectivity index (χ3n) is 5.07. The molecule has 2 aliphatic heterocycles. The highest BCUT2D eigenvalue weighted by Crippen LogP contribution is 2.19. The first kappa shape index (κ1) is 20.5. The highest BCUT2D eigenvalue weighted by Gasteiger charge is 2.36. The largest absolute Gasteiger partial charge is 0.492 e. The predicted octanol–water partition coefficient (Wildman–Crippen LogP) is 1.35. The van der Waals surface area contributed by atoms with Crippen molar-refractivity contribution in [3.05, 3.63) is 29.8 Å². The van der Waals surface area contributed by atoms with E-state index in [-0.39, 0.29) is 12.2 Å². The lowest BCUT2D eigenvalue weighted by molar-refractivity contribution is -0.0457. The SMILES string of the molecule is Cc1ccc(OCCN2CCN(S(=O)(=O)N3C[C@@H](C)O[C@H](C)C3)CC2)cc1. The molecule has 0 amide bonds. The predicted molar refractivity (Wildman–Crippen MR) is 105 cm³/mol. The summed E-state index contributed by atoms with van der Waals surface area (Å²) in [6.45, 7) is 10.7. The number of rotatable bonds is 6. The molecular weight excluding hydrogens is 366 g/mol. The average Bonchev–Trinajstić information content (AvgIpc) is 2.63. The Balaban J connectivity index is 1.44. The van der Waals surface area contributed by atoms with Gasteiger partial charge in [-0.25, -0.2) is 0 Å². The van der Waals surface area contributed by atoms with E-state index in [1.165, 1.54) is 5.56 Å². The van der Waals surface area contributed by atoms with Crippen LogP contribution in [0.2, 0.25) is 0 Å². The van der Waals surface area contributed by atoms with E-state index in [1.54, 1.807) is 8.61 Å². The van der Waals surface area contributed by atoms with Crippen LogP contribution in [-0.4, -0.2) is 86.6 Å². The Hall–Kier alpha value is -1.19. The number of nitrogens with zero attached hydrogens (tertiary/aromatic N) is 3. The molecular formula is C19H31N3O4S. The molecule has 2 heterocycles. The molecule has 152 valence electrons. The van der Waals surface area contributed by atoms with Crippen LogP contribution in [0.3, 0.4) is 0 Å². The van der Waals surface area contributed by atoms with E-state index in [2.05, 4.69) is 11.8 Å². The zero-order valence-corrected chi connectivity index (χ0v) is 17.3. The fourth-order valence-corrected chi connectivity index (χ4v) is 5.34. The summed E-state index contributed by atoms with van der Waals surface area (Å²) < 4.78 is 40.5. The van der Waals surface area contributed by atoms with Crippen LogP contribution in [0.15, 0.2) is 24.3 Å². The van der Waals surface area contributed by atoms with Crippen molar-refractivity contribution in [2.75, 3.05) is 52.4 Å². The number of morpholine rings is 1. The molecule has 27 heavy (non-hydrogen) atoms. The van der Waals surface area contributed by atoms with E-state index in [1.807, 2.05) is 38.1 Å². The van der Waals surface area contributed by atoms with Crippen LogP contribution < -0.4 is 4.74 Å². The number of hydrogen-bond donors (Lipinski definition) is 0. The van der Waals surface area contributed by atoms with Crippen LogP contribution in [0.25, 0.3) is 0 Å². The smallest absolute Gasteiger partial charge is 0.282 e. The zero-order valence-electron chi connectivity index (χ0n) is 16.5. The lowest BCUT2D eigenvalue weighted by Gasteiger charge is -2.40. The van der Waals surface area contributed by atoms with Gasteiger partial charge in [0.15, 0.2) is 0 Å². The number of benzene rings is 1. The van der Waals surface area contributed by atoms with Crippen LogP contribution >= 0.6 is 0 Å². The molecule has 2 aliphatic rings. The molecule has 7 nitrogen and oxygen atoms in total. The molecule has 2 saturated heterocycles. The van der Waals surface area contributed by atoms with Gasteiger partial charge < -0.3 is 9.47 Å². The fourth-order valence-electron chi connectivity index (χ4n) is 3.59. The van der Waals surface area contributed by atoms with Gasteiger partial charge in [-0.2, -0.15) is 17.0 Å². The molecule has 1 aromatic carbocycles. The Labute approximate surface area is 163 Å². The van der Waals surface area contributed by atoms with Gasteiger partial charge >= 0.3 is 0 Å². The van der Waals surface area contributed by atoms with Gasteiger partial charge in [-0.15, -0.1) is 0 Å². The molecule has 0 spiro atoms. The number of piperazine rings is 1. The molecule has 0 N–H and O–H groups in total.